The summed E-state index contributed by atoms with van der Waals surface area (Å²) in [5.41, 5.74) is 4.59. The number of hydrogen-bond donors (Lipinski definition) is 1. The Balaban J connectivity index is 1.30. The summed E-state index contributed by atoms with van der Waals surface area (Å²) in [6.07, 6.45) is 6.34. The number of nitro benzene ring substituents is 1. The summed E-state index contributed by atoms with van der Waals surface area (Å²) in [5.74, 6) is 1.27. The van der Waals surface area contributed by atoms with Crippen molar-refractivity contribution >= 4 is 33.7 Å². The fraction of sp³-hybridized carbons (Fsp3) is 0.391. The Hall–Kier alpha value is -2.74. The number of nitrogens with zero attached hydrogens (tertiary/aromatic N) is 2. The topological polar surface area (TPSA) is 93.8 Å². The number of nitro groups is 1. The van der Waals surface area contributed by atoms with Crippen molar-refractivity contribution < 1.29 is 14.5 Å². The van der Waals surface area contributed by atoms with Gasteiger partial charge >= 0.3 is 0 Å². The maximum absolute atomic E-state index is 12.5. The zero-order chi connectivity index (χ0) is 22.0. The van der Waals surface area contributed by atoms with Crippen LogP contribution in [0.3, 0.4) is 0 Å². The zero-order valence-electron chi connectivity index (χ0n) is 17.2. The van der Waals surface area contributed by atoms with Crippen molar-refractivity contribution in [1.29, 1.82) is 0 Å². The van der Waals surface area contributed by atoms with Gasteiger partial charge in [0.1, 0.15) is 12.4 Å². The molecule has 31 heavy (non-hydrogen) atoms. The molecule has 0 aromatic heterocycles. The Labute approximate surface area is 189 Å². The highest BCUT2D eigenvalue weighted by molar-refractivity contribution is 9.10. The molecule has 1 N–H and O–H groups in total. The van der Waals surface area contributed by atoms with Gasteiger partial charge in [-0.1, -0.05) is 19.8 Å². The number of carbonyl (C=O) groups is 1. The first-order valence-electron chi connectivity index (χ1n) is 10.4. The Bertz CT molecular complexity index is 1020. The fourth-order valence-electron chi connectivity index (χ4n) is 4.68. The van der Waals surface area contributed by atoms with Crippen molar-refractivity contribution in [3.63, 3.8) is 0 Å². The normalized spacial score (nSPS) is 24.5. The lowest BCUT2D eigenvalue weighted by Gasteiger charge is -2.15. The summed E-state index contributed by atoms with van der Waals surface area (Å²) in [4.78, 5) is 22.8. The molecular formula is C23H24BrN3O4. The molecule has 8 heteroatoms. The molecule has 4 rings (SSSR count). The Morgan fingerprint density at radius 3 is 2.74 bits per heavy atom. The third-order valence-corrected chi connectivity index (χ3v) is 7.12. The third-order valence-electron chi connectivity index (χ3n) is 6.50. The maximum atomic E-state index is 12.5. The van der Waals surface area contributed by atoms with Crippen molar-refractivity contribution in [3.8, 4) is 5.75 Å². The van der Waals surface area contributed by atoms with Crippen LogP contribution in [0.15, 0.2) is 52.0 Å². The molecule has 1 amide bonds. The monoisotopic (exact) mass is 485 g/mol. The fourth-order valence-corrected chi connectivity index (χ4v) is 5.19. The SMILES string of the molecule is CC12CCCCC1C2C(=O)N/N=C/c1ccc(OCc2ccc([N+](=O)[O-])cc2)c(Br)c1. The van der Waals surface area contributed by atoms with Crippen LogP contribution in [0.4, 0.5) is 5.69 Å². The number of ether oxygens (including phenoxy) is 1. The van der Waals surface area contributed by atoms with Crippen LogP contribution in [0.5, 0.6) is 5.75 Å². The number of benzene rings is 2. The summed E-state index contributed by atoms with van der Waals surface area (Å²) in [5, 5.41) is 14.9. The van der Waals surface area contributed by atoms with Gasteiger partial charge in [0, 0.05) is 18.1 Å². The van der Waals surface area contributed by atoms with E-state index < -0.39 is 4.92 Å². The number of hydrogen-bond acceptors (Lipinski definition) is 5. The first-order chi connectivity index (χ1) is 14.9. The molecule has 0 heterocycles. The van der Waals surface area contributed by atoms with Crippen molar-refractivity contribution in [2.75, 3.05) is 0 Å². The molecule has 162 valence electrons. The average molecular weight is 486 g/mol. The van der Waals surface area contributed by atoms with Gasteiger partial charge in [-0.3, -0.25) is 14.9 Å². The molecule has 2 fully saturated rings. The highest BCUT2D eigenvalue weighted by Crippen LogP contribution is 2.66. The number of non-ortho nitro benzene ring substituents is 1. The summed E-state index contributed by atoms with van der Waals surface area (Å²) in [6.45, 7) is 2.51. The van der Waals surface area contributed by atoms with Gasteiger partial charge in [-0.25, -0.2) is 5.43 Å². The average Bonchev–Trinajstić information content (AvgIpc) is 3.39. The van der Waals surface area contributed by atoms with Gasteiger partial charge in [-0.2, -0.15) is 5.10 Å². The first kappa shape index (κ1) is 21.5. The largest absolute Gasteiger partial charge is 0.488 e. The lowest BCUT2D eigenvalue weighted by atomic mass is 9.90. The number of rotatable bonds is 7. The van der Waals surface area contributed by atoms with Crippen molar-refractivity contribution in [3.05, 3.63) is 68.2 Å². The number of carbonyl (C=O) groups excluding carboxylic acids is 1. The van der Waals surface area contributed by atoms with E-state index in [2.05, 4.69) is 33.4 Å². The quantitative estimate of drug-likeness (QED) is 0.330. The number of nitrogens with one attached hydrogen (secondary N) is 1. The van der Waals surface area contributed by atoms with E-state index in [4.69, 9.17) is 4.74 Å². The van der Waals surface area contributed by atoms with Gasteiger partial charge < -0.3 is 4.74 Å². The smallest absolute Gasteiger partial charge is 0.269 e. The second-order valence-electron chi connectivity index (χ2n) is 8.47. The molecule has 2 aromatic rings. The summed E-state index contributed by atoms with van der Waals surface area (Å²) >= 11 is 3.49. The number of fused-ring (bicyclic) bond motifs is 1. The number of halogens is 1. The predicted molar refractivity (Wildman–Crippen MR) is 121 cm³/mol. The van der Waals surface area contributed by atoms with Gasteiger partial charge in [0.05, 0.1) is 15.6 Å². The zero-order valence-corrected chi connectivity index (χ0v) is 18.8. The molecule has 2 aliphatic carbocycles. The second-order valence-corrected chi connectivity index (χ2v) is 9.33. The summed E-state index contributed by atoms with van der Waals surface area (Å²) in [7, 11) is 0. The second kappa shape index (κ2) is 8.78. The highest BCUT2D eigenvalue weighted by Gasteiger charge is 2.64. The minimum atomic E-state index is -0.429. The molecule has 3 unspecified atom stereocenters. The van der Waals surface area contributed by atoms with E-state index in [1.807, 2.05) is 18.2 Å². The van der Waals surface area contributed by atoms with Crippen LogP contribution in [-0.2, 0) is 11.4 Å². The van der Waals surface area contributed by atoms with E-state index in [1.165, 1.54) is 25.0 Å². The molecule has 2 saturated carbocycles. The molecule has 3 atom stereocenters. The molecule has 7 nitrogen and oxygen atoms in total. The Morgan fingerprint density at radius 1 is 1.32 bits per heavy atom. The molecule has 0 radical (unpaired) electrons. The van der Waals surface area contributed by atoms with E-state index in [0.717, 1.165) is 28.4 Å². The van der Waals surface area contributed by atoms with Gasteiger partial charge in [0.15, 0.2) is 0 Å². The standard InChI is InChI=1S/C23H24BrN3O4/c1-23-11-3-2-4-18(23)21(23)22(28)26-25-13-16-7-10-20(19(24)12-16)31-14-15-5-8-17(9-6-15)27(29)30/h5-10,12-13,18,21H,2-4,11,14H2,1H3,(H,26,28)/b25-13+. The van der Waals surface area contributed by atoms with Gasteiger partial charge in [0.2, 0.25) is 5.91 Å². The van der Waals surface area contributed by atoms with Crippen LogP contribution in [0.1, 0.15) is 43.7 Å². The molecule has 0 saturated heterocycles. The first-order valence-corrected chi connectivity index (χ1v) is 11.2. The third kappa shape index (κ3) is 4.63. The maximum Gasteiger partial charge on any atom is 0.269 e. The minimum absolute atomic E-state index is 0.0211. The summed E-state index contributed by atoms with van der Waals surface area (Å²) in [6, 6.07) is 11.8. The predicted octanol–water partition coefficient (Wildman–Crippen LogP) is 5.21. The van der Waals surface area contributed by atoms with Crippen LogP contribution < -0.4 is 10.2 Å². The van der Waals surface area contributed by atoms with Gasteiger partial charge in [-0.15, -0.1) is 0 Å². The van der Waals surface area contributed by atoms with E-state index in [0.29, 0.717) is 18.3 Å². The van der Waals surface area contributed by atoms with Gasteiger partial charge in [0.25, 0.3) is 5.69 Å². The van der Waals surface area contributed by atoms with Crippen molar-refractivity contribution in [2.45, 2.75) is 39.2 Å². The van der Waals surface area contributed by atoms with Crippen LogP contribution in [-0.4, -0.2) is 17.0 Å². The molecule has 2 aromatic carbocycles. The van der Waals surface area contributed by atoms with Gasteiger partial charge in [-0.05, 0) is 81.6 Å². The summed E-state index contributed by atoms with van der Waals surface area (Å²) < 4.78 is 6.55. The Kier molecular flexibility index (Phi) is 6.09. The molecular weight excluding hydrogens is 462 g/mol. The van der Waals surface area contributed by atoms with Crippen LogP contribution in [0, 0.1) is 27.4 Å². The van der Waals surface area contributed by atoms with Crippen LogP contribution >= 0.6 is 15.9 Å². The van der Waals surface area contributed by atoms with E-state index in [9.17, 15) is 14.9 Å². The van der Waals surface area contributed by atoms with E-state index in [1.54, 1.807) is 18.3 Å². The molecule has 0 spiro atoms. The lowest BCUT2D eigenvalue weighted by molar-refractivity contribution is -0.384. The molecule has 2 aliphatic rings. The Morgan fingerprint density at radius 2 is 2.10 bits per heavy atom. The van der Waals surface area contributed by atoms with Crippen molar-refractivity contribution in [2.24, 2.45) is 22.4 Å². The lowest BCUT2D eigenvalue weighted by Crippen LogP contribution is -2.22. The number of amides is 1. The van der Waals surface area contributed by atoms with Crippen molar-refractivity contribution in [1.82, 2.24) is 5.43 Å². The van der Waals surface area contributed by atoms with Crippen LogP contribution in [0.2, 0.25) is 0 Å². The highest BCUT2D eigenvalue weighted by atomic mass is 79.9. The molecule has 0 bridgehead atoms. The number of hydrazone groups is 1. The van der Waals surface area contributed by atoms with Crippen LogP contribution in [0.25, 0.3) is 0 Å². The van der Waals surface area contributed by atoms with E-state index >= 15 is 0 Å². The molecule has 0 aliphatic heterocycles. The minimum Gasteiger partial charge on any atom is -0.488 e. The van der Waals surface area contributed by atoms with E-state index in [-0.39, 0.29) is 22.9 Å².